The van der Waals surface area contributed by atoms with Crippen LogP contribution >= 0.6 is 0 Å². The maximum atomic E-state index is 12.3. The van der Waals surface area contributed by atoms with Crippen molar-refractivity contribution in [1.82, 2.24) is 10.2 Å². The molecule has 6 nitrogen and oxygen atoms in total. The predicted octanol–water partition coefficient (Wildman–Crippen LogP) is 1.70. The third-order valence-corrected chi connectivity index (χ3v) is 4.58. The molecule has 1 aliphatic heterocycles. The number of hydrogen-bond donors (Lipinski definition) is 2. The Bertz CT molecular complexity index is 367. The minimum Gasteiger partial charge on any atom is -0.481 e. The summed E-state index contributed by atoms with van der Waals surface area (Å²) in [6, 6.07) is -0.509. The van der Waals surface area contributed by atoms with Crippen molar-refractivity contribution in [2.75, 3.05) is 26.3 Å². The third kappa shape index (κ3) is 4.88. The summed E-state index contributed by atoms with van der Waals surface area (Å²) in [4.78, 5) is 24.7. The van der Waals surface area contributed by atoms with Gasteiger partial charge in [-0.1, -0.05) is 19.8 Å². The van der Waals surface area contributed by atoms with Crippen LogP contribution in [0.1, 0.15) is 39.0 Å². The molecule has 1 heterocycles. The van der Waals surface area contributed by atoms with E-state index in [9.17, 15) is 9.59 Å². The molecule has 21 heavy (non-hydrogen) atoms. The molecule has 120 valence electrons. The fourth-order valence-corrected chi connectivity index (χ4v) is 3.16. The zero-order valence-corrected chi connectivity index (χ0v) is 12.7. The molecule has 2 N–H and O–H groups in total. The normalized spacial score (nSPS) is 30.0. The molecular weight excluding hydrogens is 272 g/mol. The first-order valence-corrected chi connectivity index (χ1v) is 7.90. The fraction of sp³-hybridized carbons (Fsp3) is 0.867. The number of nitrogens with one attached hydrogen (secondary N) is 1. The van der Waals surface area contributed by atoms with Gasteiger partial charge < -0.3 is 20.1 Å². The average Bonchev–Trinajstić information content (AvgIpc) is 2.46. The molecule has 1 saturated heterocycles. The van der Waals surface area contributed by atoms with Crippen LogP contribution in [-0.2, 0) is 9.53 Å². The van der Waals surface area contributed by atoms with Crippen molar-refractivity contribution < 1.29 is 19.4 Å². The highest BCUT2D eigenvalue weighted by molar-refractivity contribution is 5.76. The highest BCUT2D eigenvalue weighted by atomic mass is 16.5. The molecule has 0 aromatic rings. The predicted molar refractivity (Wildman–Crippen MR) is 78.1 cm³/mol. The Labute approximate surface area is 125 Å². The van der Waals surface area contributed by atoms with Gasteiger partial charge in [0.2, 0.25) is 0 Å². The zero-order valence-electron chi connectivity index (χ0n) is 12.7. The Morgan fingerprint density at radius 3 is 2.67 bits per heavy atom. The minimum absolute atomic E-state index is 0.0611. The summed E-state index contributed by atoms with van der Waals surface area (Å²) >= 11 is 0. The Kier molecular flexibility index (Phi) is 5.85. The summed E-state index contributed by atoms with van der Waals surface area (Å²) in [5.41, 5.74) is 0. The van der Waals surface area contributed by atoms with Crippen LogP contribution in [0.25, 0.3) is 0 Å². The van der Waals surface area contributed by atoms with Gasteiger partial charge in [-0.25, -0.2) is 4.79 Å². The maximum absolute atomic E-state index is 12.3. The molecule has 0 aromatic heterocycles. The molecular formula is C15H26N2O4. The summed E-state index contributed by atoms with van der Waals surface area (Å²) < 4.78 is 5.28. The van der Waals surface area contributed by atoms with E-state index >= 15 is 0 Å². The molecule has 1 saturated carbocycles. The lowest BCUT2D eigenvalue weighted by Gasteiger charge is -2.35. The standard InChI is InChI=1S/C15H26N2O4/c1-11-2-4-12(5-3-11)9-16-15(20)17-6-7-21-10-13(17)8-14(18)19/h11-13H,2-10H2,1H3,(H,16,20)(H,18,19). The molecule has 0 aromatic carbocycles. The number of carbonyl (C=O) groups excluding carboxylic acids is 1. The summed E-state index contributed by atoms with van der Waals surface area (Å²) in [7, 11) is 0. The number of urea groups is 1. The molecule has 1 atom stereocenters. The molecule has 6 heteroatoms. The third-order valence-electron chi connectivity index (χ3n) is 4.58. The second kappa shape index (κ2) is 7.64. The number of amides is 2. The first kappa shape index (κ1) is 16.1. The van der Waals surface area contributed by atoms with Gasteiger partial charge in [-0.3, -0.25) is 4.79 Å². The van der Waals surface area contributed by atoms with Crippen LogP contribution < -0.4 is 5.32 Å². The number of hydrogen-bond acceptors (Lipinski definition) is 3. The van der Waals surface area contributed by atoms with Gasteiger partial charge in [0.25, 0.3) is 0 Å². The number of nitrogens with zero attached hydrogens (tertiary/aromatic N) is 1. The minimum atomic E-state index is -0.899. The lowest BCUT2D eigenvalue weighted by molar-refractivity contribution is -0.139. The Morgan fingerprint density at radius 2 is 2.00 bits per heavy atom. The van der Waals surface area contributed by atoms with Crippen molar-refractivity contribution in [1.29, 1.82) is 0 Å². The number of carboxylic acids is 1. The van der Waals surface area contributed by atoms with Gasteiger partial charge in [0, 0.05) is 13.1 Å². The molecule has 0 bridgehead atoms. The van der Waals surface area contributed by atoms with Crippen LogP contribution in [0.3, 0.4) is 0 Å². The number of ether oxygens (including phenoxy) is 1. The highest BCUT2D eigenvalue weighted by Crippen LogP contribution is 2.27. The SMILES string of the molecule is CC1CCC(CNC(=O)N2CCOCC2CC(=O)O)CC1. The quantitative estimate of drug-likeness (QED) is 0.828. The highest BCUT2D eigenvalue weighted by Gasteiger charge is 2.29. The molecule has 1 unspecified atom stereocenters. The molecule has 2 rings (SSSR count). The number of carboxylic acid groups (broad SMARTS) is 1. The molecule has 2 fully saturated rings. The van der Waals surface area contributed by atoms with Gasteiger partial charge in [0.1, 0.15) is 0 Å². The molecule has 0 spiro atoms. The first-order valence-electron chi connectivity index (χ1n) is 7.90. The largest absolute Gasteiger partial charge is 0.481 e. The summed E-state index contributed by atoms with van der Waals surface area (Å²) in [6.45, 7) is 4.22. The van der Waals surface area contributed by atoms with E-state index in [1.165, 1.54) is 25.7 Å². The van der Waals surface area contributed by atoms with E-state index in [0.29, 0.717) is 32.2 Å². The molecule has 2 aliphatic rings. The second-order valence-electron chi connectivity index (χ2n) is 6.33. The van der Waals surface area contributed by atoms with Gasteiger partial charge >= 0.3 is 12.0 Å². The van der Waals surface area contributed by atoms with E-state index in [-0.39, 0.29) is 18.5 Å². The van der Waals surface area contributed by atoms with Gasteiger partial charge in [0.05, 0.1) is 25.7 Å². The number of morpholine rings is 1. The maximum Gasteiger partial charge on any atom is 0.317 e. The monoisotopic (exact) mass is 298 g/mol. The number of rotatable bonds is 4. The molecule has 1 aliphatic carbocycles. The lowest BCUT2D eigenvalue weighted by Crippen LogP contribution is -2.53. The number of carbonyl (C=O) groups is 2. The van der Waals surface area contributed by atoms with Crippen LogP contribution in [-0.4, -0.2) is 54.4 Å². The van der Waals surface area contributed by atoms with Crippen molar-refractivity contribution in [3.05, 3.63) is 0 Å². The van der Waals surface area contributed by atoms with Crippen LogP contribution in [0.4, 0.5) is 4.79 Å². The van der Waals surface area contributed by atoms with Crippen LogP contribution in [0.15, 0.2) is 0 Å². The first-order chi connectivity index (χ1) is 10.1. The smallest absolute Gasteiger partial charge is 0.317 e. The van der Waals surface area contributed by atoms with E-state index in [2.05, 4.69) is 12.2 Å². The second-order valence-corrected chi connectivity index (χ2v) is 6.33. The van der Waals surface area contributed by atoms with Crippen LogP contribution in [0, 0.1) is 11.8 Å². The Morgan fingerprint density at radius 1 is 1.29 bits per heavy atom. The van der Waals surface area contributed by atoms with Gasteiger partial charge in [-0.05, 0) is 24.7 Å². The summed E-state index contributed by atoms with van der Waals surface area (Å²) in [5, 5.41) is 11.9. The zero-order chi connectivity index (χ0) is 15.2. The molecule has 2 amide bonds. The van der Waals surface area contributed by atoms with Gasteiger partial charge in [-0.2, -0.15) is 0 Å². The Hall–Kier alpha value is -1.30. The summed E-state index contributed by atoms with van der Waals surface area (Å²) in [6.07, 6.45) is 4.75. The van der Waals surface area contributed by atoms with Gasteiger partial charge in [-0.15, -0.1) is 0 Å². The van der Waals surface area contributed by atoms with E-state index in [1.54, 1.807) is 4.90 Å². The topological polar surface area (TPSA) is 78.9 Å². The lowest BCUT2D eigenvalue weighted by atomic mass is 9.83. The van der Waals surface area contributed by atoms with E-state index in [4.69, 9.17) is 9.84 Å². The van der Waals surface area contributed by atoms with E-state index in [0.717, 1.165) is 5.92 Å². The van der Waals surface area contributed by atoms with E-state index < -0.39 is 5.97 Å². The average molecular weight is 298 g/mol. The van der Waals surface area contributed by atoms with Crippen molar-refractivity contribution in [2.24, 2.45) is 11.8 Å². The fourth-order valence-electron chi connectivity index (χ4n) is 3.16. The Balaban J connectivity index is 1.79. The molecule has 0 radical (unpaired) electrons. The van der Waals surface area contributed by atoms with Crippen LogP contribution in [0.5, 0.6) is 0 Å². The van der Waals surface area contributed by atoms with Crippen LogP contribution in [0.2, 0.25) is 0 Å². The van der Waals surface area contributed by atoms with Crippen molar-refractivity contribution in [2.45, 2.75) is 45.1 Å². The van der Waals surface area contributed by atoms with Crippen molar-refractivity contribution >= 4 is 12.0 Å². The van der Waals surface area contributed by atoms with Crippen molar-refractivity contribution in [3.63, 3.8) is 0 Å². The van der Waals surface area contributed by atoms with Crippen molar-refractivity contribution in [3.8, 4) is 0 Å². The van der Waals surface area contributed by atoms with Gasteiger partial charge in [0.15, 0.2) is 0 Å². The summed E-state index contributed by atoms with van der Waals surface area (Å²) in [5.74, 6) is 0.463. The van der Waals surface area contributed by atoms with E-state index in [1.807, 2.05) is 0 Å². The number of aliphatic carboxylic acids is 1.